The van der Waals surface area contributed by atoms with E-state index in [0.717, 1.165) is 19.3 Å². The summed E-state index contributed by atoms with van der Waals surface area (Å²) in [5, 5.41) is 7.63. The van der Waals surface area contributed by atoms with Crippen LogP contribution in [0.5, 0.6) is 0 Å². The van der Waals surface area contributed by atoms with Crippen molar-refractivity contribution in [2.75, 3.05) is 0 Å². The molecule has 0 amide bonds. The fraction of sp³-hybridized carbons (Fsp3) is 0.364. The first-order valence-corrected chi connectivity index (χ1v) is 5.00. The monoisotopic (exact) mass is 190 g/mol. The topological polar surface area (TPSA) is 49.9 Å². The summed E-state index contributed by atoms with van der Waals surface area (Å²) in [5.41, 5.74) is 7.86. The van der Waals surface area contributed by atoms with Gasteiger partial charge in [-0.1, -0.05) is 31.4 Å². The molecule has 3 N–H and O–H groups in total. The Bertz CT molecular complexity index is 271. The first-order chi connectivity index (χ1) is 6.65. The number of nitrogens with one attached hydrogen (secondary N) is 1. The maximum atomic E-state index is 7.63. The van der Waals surface area contributed by atoms with Crippen molar-refractivity contribution in [3.63, 3.8) is 0 Å². The van der Waals surface area contributed by atoms with Gasteiger partial charge in [-0.05, 0) is 31.2 Å². The van der Waals surface area contributed by atoms with E-state index in [4.69, 9.17) is 11.1 Å². The van der Waals surface area contributed by atoms with E-state index >= 15 is 0 Å². The van der Waals surface area contributed by atoms with E-state index in [-0.39, 0.29) is 0 Å². The molecule has 2 nitrogen and oxygen atoms in total. The van der Waals surface area contributed by atoms with E-state index in [1.165, 1.54) is 11.7 Å². The van der Waals surface area contributed by atoms with Crippen LogP contribution in [0.3, 0.4) is 0 Å². The quantitative estimate of drug-likeness (QED) is 0.389. The van der Waals surface area contributed by atoms with Gasteiger partial charge in [0.15, 0.2) is 7.28 Å². The highest BCUT2D eigenvalue weighted by Crippen LogP contribution is 2.00. The Morgan fingerprint density at radius 2 is 2.07 bits per heavy atom. The van der Waals surface area contributed by atoms with Gasteiger partial charge in [0.1, 0.15) is 0 Å². The first-order valence-electron chi connectivity index (χ1n) is 5.00. The van der Waals surface area contributed by atoms with Gasteiger partial charge in [-0.2, -0.15) is 0 Å². The van der Waals surface area contributed by atoms with Crippen molar-refractivity contribution in [2.45, 2.75) is 27.1 Å². The average Bonchev–Trinajstić information content (AvgIpc) is 2.22. The zero-order valence-electron chi connectivity index (χ0n) is 9.30. The molecular formula is C11H19BN2. The summed E-state index contributed by atoms with van der Waals surface area (Å²) < 4.78 is 0. The van der Waals surface area contributed by atoms with Crippen LogP contribution in [0, 0.1) is 5.41 Å². The molecule has 0 aromatic heterocycles. The number of rotatable bonds is 5. The lowest BCUT2D eigenvalue weighted by Crippen LogP contribution is -1.97. The first kappa shape index (κ1) is 12.8. The van der Waals surface area contributed by atoms with Crippen molar-refractivity contribution >= 4 is 13.0 Å². The second-order valence-corrected chi connectivity index (χ2v) is 3.14. The van der Waals surface area contributed by atoms with Gasteiger partial charge >= 0.3 is 0 Å². The molecule has 0 aliphatic carbocycles. The lowest BCUT2D eigenvalue weighted by Gasteiger charge is -1.97. The standard InChI is InChI=1S/C11H19BN2/c1-4-5-10(12-3)6-7-11(14)9(2)8-13/h5-8,12,14H,4,13H2,1-3H3/b7-6-,9-8-,10-5-,14-11?. The van der Waals surface area contributed by atoms with E-state index in [1.54, 1.807) is 6.08 Å². The van der Waals surface area contributed by atoms with Crippen LogP contribution in [0.25, 0.3) is 0 Å². The van der Waals surface area contributed by atoms with Crippen molar-refractivity contribution < 1.29 is 0 Å². The van der Waals surface area contributed by atoms with Crippen molar-refractivity contribution in [3.05, 3.63) is 35.5 Å². The van der Waals surface area contributed by atoms with Crippen molar-refractivity contribution in [1.29, 1.82) is 5.41 Å². The van der Waals surface area contributed by atoms with Gasteiger partial charge in [0.05, 0.1) is 5.71 Å². The summed E-state index contributed by atoms with van der Waals surface area (Å²) in [6, 6.07) is 0. The summed E-state index contributed by atoms with van der Waals surface area (Å²) in [7, 11) is 1.00. The molecule has 0 fully saturated rings. The van der Waals surface area contributed by atoms with Gasteiger partial charge in [0, 0.05) is 0 Å². The molecule has 0 aromatic carbocycles. The lowest BCUT2D eigenvalue weighted by molar-refractivity contribution is 1.22. The number of hydrogen-bond donors (Lipinski definition) is 2. The molecule has 0 aliphatic heterocycles. The second-order valence-electron chi connectivity index (χ2n) is 3.14. The molecule has 0 unspecified atom stereocenters. The summed E-state index contributed by atoms with van der Waals surface area (Å²) in [4.78, 5) is 0. The minimum atomic E-state index is 0.475. The highest BCUT2D eigenvalue weighted by molar-refractivity contribution is 6.44. The van der Waals surface area contributed by atoms with E-state index in [2.05, 4.69) is 19.8 Å². The maximum absolute atomic E-state index is 7.63. The Hall–Kier alpha value is -1.25. The molecule has 0 rings (SSSR count). The third-order valence-corrected chi connectivity index (χ3v) is 2.01. The van der Waals surface area contributed by atoms with Crippen LogP contribution in [0.4, 0.5) is 0 Å². The number of allylic oxidation sites excluding steroid dienone is 5. The highest BCUT2D eigenvalue weighted by Gasteiger charge is 1.94. The van der Waals surface area contributed by atoms with Crippen molar-refractivity contribution in [1.82, 2.24) is 0 Å². The molecule has 0 atom stereocenters. The Kier molecular flexibility index (Phi) is 6.55. The van der Waals surface area contributed by atoms with E-state index in [0.29, 0.717) is 5.71 Å². The van der Waals surface area contributed by atoms with Crippen LogP contribution < -0.4 is 5.73 Å². The molecule has 76 valence electrons. The van der Waals surface area contributed by atoms with Gasteiger partial charge in [-0.15, -0.1) is 0 Å². The minimum absolute atomic E-state index is 0.475. The normalized spacial score (nSPS) is 13.4. The second kappa shape index (κ2) is 7.19. The lowest BCUT2D eigenvalue weighted by atomic mass is 9.72. The molecule has 0 spiro atoms. The minimum Gasteiger partial charge on any atom is -0.404 e. The molecule has 0 heterocycles. The van der Waals surface area contributed by atoms with Crippen LogP contribution in [0.2, 0.25) is 6.82 Å². The summed E-state index contributed by atoms with van der Waals surface area (Å²) in [6.45, 7) is 6.06. The zero-order valence-corrected chi connectivity index (χ0v) is 9.30. The molecule has 0 bridgehead atoms. The molecule has 14 heavy (non-hydrogen) atoms. The zero-order chi connectivity index (χ0) is 11.0. The summed E-state index contributed by atoms with van der Waals surface area (Å²) in [6.07, 6.45) is 8.45. The van der Waals surface area contributed by atoms with Crippen molar-refractivity contribution in [3.8, 4) is 0 Å². The number of nitrogens with two attached hydrogens (primary N) is 1. The molecule has 0 aliphatic rings. The Morgan fingerprint density at radius 1 is 1.43 bits per heavy atom. The van der Waals surface area contributed by atoms with Crippen molar-refractivity contribution in [2.24, 2.45) is 5.73 Å². The van der Waals surface area contributed by atoms with Gasteiger partial charge in [-0.25, -0.2) is 0 Å². The molecule has 0 aromatic rings. The molecule has 0 saturated carbocycles. The highest BCUT2D eigenvalue weighted by atomic mass is 14.5. The summed E-state index contributed by atoms with van der Waals surface area (Å²) >= 11 is 0. The third kappa shape index (κ3) is 4.70. The van der Waals surface area contributed by atoms with E-state index in [9.17, 15) is 0 Å². The SMILES string of the molecule is CBC(/C=C\C(=N)/C(C)=C\N)=C\CC. The molecular weight excluding hydrogens is 171 g/mol. The Morgan fingerprint density at radius 3 is 2.50 bits per heavy atom. The van der Waals surface area contributed by atoms with Crippen LogP contribution in [-0.4, -0.2) is 13.0 Å². The fourth-order valence-electron chi connectivity index (χ4n) is 1.00. The van der Waals surface area contributed by atoms with E-state index in [1.807, 2.05) is 13.0 Å². The fourth-order valence-corrected chi connectivity index (χ4v) is 1.00. The van der Waals surface area contributed by atoms with Crippen LogP contribution in [0.15, 0.2) is 35.5 Å². The van der Waals surface area contributed by atoms with Gasteiger partial charge in [-0.3, -0.25) is 0 Å². The average molecular weight is 190 g/mol. The maximum Gasteiger partial charge on any atom is 0.154 e. The molecule has 3 heteroatoms. The largest absolute Gasteiger partial charge is 0.404 e. The molecule has 0 radical (unpaired) electrons. The van der Waals surface area contributed by atoms with Gasteiger partial charge < -0.3 is 11.1 Å². The summed E-state index contributed by atoms with van der Waals surface area (Å²) in [5.74, 6) is 0. The van der Waals surface area contributed by atoms with Crippen LogP contribution in [0.1, 0.15) is 20.3 Å². The Labute approximate surface area is 87.3 Å². The van der Waals surface area contributed by atoms with Crippen LogP contribution >= 0.6 is 0 Å². The van der Waals surface area contributed by atoms with Crippen LogP contribution in [-0.2, 0) is 0 Å². The molecule has 0 saturated heterocycles. The van der Waals surface area contributed by atoms with E-state index < -0.39 is 0 Å². The number of hydrogen-bond acceptors (Lipinski definition) is 2. The predicted molar refractivity (Wildman–Crippen MR) is 66.2 cm³/mol. The third-order valence-electron chi connectivity index (χ3n) is 2.01. The predicted octanol–water partition coefficient (Wildman–Crippen LogP) is 2.20. The smallest absolute Gasteiger partial charge is 0.154 e. The van der Waals surface area contributed by atoms with Gasteiger partial charge in [0.2, 0.25) is 0 Å². The van der Waals surface area contributed by atoms with Gasteiger partial charge in [0.25, 0.3) is 0 Å². The Balaban J connectivity index is 4.43.